The number of benzene rings is 2. The molecule has 2 N–H and O–H groups in total. The minimum absolute atomic E-state index is 0.178. The summed E-state index contributed by atoms with van der Waals surface area (Å²) in [4.78, 5) is 18.1. The molecule has 1 amide bonds. The van der Waals surface area contributed by atoms with Crippen molar-refractivity contribution in [3.05, 3.63) is 76.0 Å². The zero-order chi connectivity index (χ0) is 22.0. The normalized spacial score (nSPS) is 15.4. The van der Waals surface area contributed by atoms with E-state index in [1.807, 2.05) is 62.4 Å². The minimum atomic E-state index is -0.416. The number of aryl methyl sites for hydroxylation is 1. The Labute approximate surface area is 191 Å². The topological polar surface area (TPSA) is 71.8 Å². The summed E-state index contributed by atoms with van der Waals surface area (Å²) in [5.74, 6) is 1.38. The third-order valence-corrected chi connectivity index (χ3v) is 6.39. The molecule has 1 aliphatic heterocycles. The predicted molar refractivity (Wildman–Crippen MR) is 127 cm³/mol. The van der Waals surface area contributed by atoms with Crippen molar-refractivity contribution in [3.8, 4) is 0 Å². The van der Waals surface area contributed by atoms with Gasteiger partial charge in [0.2, 0.25) is 11.1 Å². The van der Waals surface area contributed by atoms with Gasteiger partial charge in [-0.15, -0.1) is 5.10 Å². The van der Waals surface area contributed by atoms with E-state index < -0.39 is 6.04 Å². The lowest BCUT2D eigenvalue weighted by Gasteiger charge is -2.28. The summed E-state index contributed by atoms with van der Waals surface area (Å²) < 4.78 is 1.79. The first-order chi connectivity index (χ1) is 15.0. The number of anilines is 2. The summed E-state index contributed by atoms with van der Waals surface area (Å²) in [6, 6.07) is 14.8. The van der Waals surface area contributed by atoms with Crippen LogP contribution >= 0.6 is 23.4 Å². The smallest absolute Gasteiger partial charge is 0.255 e. The van der Waals surface area contributed by atoms with Gasteiger partial charge in [0.1, 0.15) is 6.04 Å². The van der Waals surface area contributed by atoms with Crippen molar-refractivity contribution in [1.29, 1.82) is 0 Å². The second-order valence-electron chi connectivity index (χ2n) is 7.40. The zero-order valence-electron chi connectivity index (χ0n) is 17.6. The summed E-state index contributed by atoms with van der Waals surface area (Å²) >= 11 is 7.73. The van der Waals surface area contributed by atoms with Crippen LogP contribution in [0.2, 0.25) is 5.02 Å². The number of nitrogens with zero attached hydrogens (tertiary/aromatic N) is 3. The molecule has 0 fully saturated rings. The molecule has 0 aliphatic carbocycles. The van der Waals surface area contributed by atoms with Gasteiger partial charge in [0.05, 0.1) is 5.57 Å². The molecule has 2 aromatic carbocycles. The summed E-state index contributed by atoms with van der Waals surface area (Å²) in [6.07, 6.45) is 1.03. The van der Waals surface area contributed by atoms with E-state index in [4.69, 9.17) is 16.7 Å². The number of aromatic nitrogens is 3. The number of hydrogen-bond acceptors (Lipinski definition) is 5. The van der Waals surface area contributed by atoms with Crippen LogP contribution in [-0.4, -0.2) is 26.4 Å². The molecule has 1 aliphatic rings. The SMILES string of the molecule is CCCSc1nc2n(n1)C(c1ccc(Cl)cc1)C(C(=O)Nc1ccccc1C)=C(C)N2. The highest BCUT2D eigenvalue weighted by Crippen LogP contribution is 2.37. The molecule has 1 unspecified atom stereocenters. The Bertz CT molecular complexity index is 1140. The second kappa shape index (κ2) is 9.16. The number of hydrogen-bond donors (Lipinski definition) is 2. The first-order valence-corrected chi connectivity index (χ1v) is 11.5. The highest BCUT2D eigenvalue weighted by Gasteiger charge is 2.34. The van der Waals surface area contributed by atoms with Crippen molar-refractivity contribution in [2.45, 2.75) is 38.4 Å². The van der Waals surface area contributed by atoms with Gasteiger partial charge in [-0.05, 0) is 49.6 Å². The first kappa shape index (κ1) is 21.5. The van der Waals surface area contributed by atoms with Crippen LogP contribution < -0.4 is 10.6 Å². The maximum atomic E-state index is 13.5. The predicted octanol–water partition coefficient (Wildman–Crippen LogP) is 5.67. The van der Waals surface area contributed by atoms with Gasteiger partial charge in [-0.25, -0.2) is 4.68 Å². The molecule has 2 heterocycles. The fourth-order valence-electron chi connectivity index (χ4n) is 3.54. The van der Waals surface area contributed by atoms with Crippen LogP contribution in [0.3, 0.4) is 0 Å². The number of thioether (sulfide) groups is 1. The zero-order valence-corrected chi connectivity index (χ0v) is 19.2. The van der Waals surface area contributed by atoms with Crippen LogP contribution in [0.5, 0.6) is 0 Å². The Hall–Kier alpha value is -2.77. The number of amides is 1. The second-order valence-corrected chi connectivity index (χ2v) is 8.90. The summed E-state index contributed by atoms with van der Waals surface area (Å²) in [7, 11) is 0. The molecule has 0 bridgehead atoms. The number of para-hydroxylation sites is 1. The van der Waals surface area contributed by atoms with E-state index in [-0.39, 0.29) is 5.91 Å². The lowest BCUT2D eigenvalue weighted by atomic mass is 9.95. The molecular formula is C23H24ClN5OS. The molecule has 0 spiro atoms. The molecule has 4 rings (SSSR count). The van der Waals surface area contributed by atoms with Crippen LogP contribution in [0.4, 0.5) is 11.6 Å². The third-order valence-electron chi connectivity index (χ3n) is 5.09. The van der Waals surface area contributed by atoms with Crippen molar-refractivity contribution in [3.63, 3.8) is 0 Å². The van der Waals surface area contributed by atoms with Gasteiger partial charge in [0.15, 0.2) is 0 Å². The standard InChI is InChI=1S/C23H24ClN5OS/c1-4-13-31-23-27-22-25-15(3)19(21(30)26-18-8-6-5-7-14(18)2)20(29(22)28-23)16-9-11-17(24)12-10-16/h5-12,20H,4,13H2,1-3H3,(H,26,30)(H,25,27,28). The largest absolute Gasteiger partial charge is 0.328 e. The Morgan fingerprint density at radius 2 is 1.94 bits per heavy atom. The van der Waals surface area contributed by atoms with Gasteiger partial charge in [0.25, 0.3) is 5.91 Å². The van der Waals surface area contributed by atoms with E-state index in [1.54, 1.807) is 16.4 Å². The van der Waals surface area contributed by atoms with Gasteiger partial charge in [-0.1, -0.05) is 60.6 Å². The molecule has 6 nitrogen and oxygen atoms in total. The Morgan fingerprint density at radius 3 is 2.65 bits per heavy atom. The number of rotatable bonds is 6. The van der Waals surface area contributed by atoms with E-state index in [0.717, 1.165) is 34.7 Å². The summed E-state index contributed by atoms with van der Waals surface area (Å²) in [6.45, 7) is 5.99. The number of nitrogens with one attached hydrogen (secondary N) is 2. The van der Waals surface area contributed by atoms with Gasteiger partial charge in [-0.3, -0.25) is 4.79 Å². The Balaban J connectivity index is 1.76. The van der Waals surface area contributed by atoms with Crippen molar-refractivity contribution >= 4 is 40.9 Å². The lowest BCUT2D eigenvalue weighted by molar-refractivity contribution is -0.113. The van der Waals surface area contributed by atoms with E-state index in [1.165, 1.54) is 0 Å². The monoisotopic (exact) mass is 453 g/mol. The lowest BCUT2D eigenvalue weighted by Crippen LogP contribution is -2.31. The van der Waals surface area contributed by atoms with Crippen LogP contribution in [0.15, 0.2) is 65.0 Å². The van der Waals surface area contributed by atoms with E-state index in [2.05, 4.69) is 22.5 Å². The molecule has 31 heavy (non-hydrogen) atoms. The van der Waals surface area contributed by atoms with E-state index >= 15 is 0 Å². The van der Waals surface area contributed by atoms with Gasteiger partial charge in [0, 0.05) is 22.2 Å². The summed E-state index contributed by atoms with van der Waals surface area (Å²) in [5, 5.41) is 12.4. The number of carbonyl (C=O) groups excluding carboxylic acids is 1. The third kappa shape index (κ3) is 4.48. The van der Waals surface area contributed by atoms with Crippen LogP contribution in [0.1, 0.15) is 37.4 Å². The van der Waals surface area contributed by atoms with E-state index in [9.17, 15) is 4.79 Å². The maximum absolute atomic E-state index is 13.5. The fourth-order valence-corrected chi connectivity index (χ4v) is 4.35. The average Bonchev–Trinajstić information content (AvgIpc) is 3.15. The molecule has 0 saturated carbocycles. The molecule has 0 radical (unpaired) electrons. The number of carbonyl (C=O) groups is 1. The molecule has 1 aromatic heterocycles. The van der Waals surface area contributed by atoms with Gasteiger partial charge < -0.3 is 10.6 Å². The quantitative estimate of drug-likeness (QED) is 0.470. The number of fused-ring (bicyclic) bond motifs is 1. The van der Waals surface area contributed by atoms with Crippen molar-refractivity contribution in [2.24, 2.45) is 0 Å². The highest BCUT2D eigenvalue weighted by atomic mass is 35.5. The maximum Gasteiger partial charge on any atom is 0.255 e. The fraction of sp³-hybridized carbons (Fsp3) is 0.261. The number of halogens is 1. The van der Waals surface area contributed by atoms with Crippen LogP contribution in [0, 0.1) is 6.92 Å². The minimum Gasteiger partial charge on any atom is -0.328 e. The molecule has 0 saturated heterocycles. The van der Waals surface area contributed by atoms with E-state index in [0.29, 0.717) is 21.7 Å². The first-order valence-electron chi connectivity index (χ1n) is 10.2. The van der Waals surface area contributed by atoms with Crippen molar-refractivity contribution in [1.82, 2.24) is 14.8 Å². The van der Waals surface area contributed by atoms with Crippen LogP contribution in [0.25, 0.3) is 0 Å². The van der Waals surface area contributed by atoms with Crippen molar-refractivity contribution < 1.29 is 4.79 Å². The molecular weight excluding hydrogens is 430 g/mol. The molecule has 3 aromatic rings. The van der Waals surface area contributed by atoms with Gasteiger partial charge in [-0.2, -0.15) is 4.98 Å². The molecule has 160 valence electrons. The average molecular weight is 454 g/mol. The summed E-state index contributed by atoms with van der Waals surface area (Å²) in [5.41, 5.74) is 4.04. The molecule has 1 atom stereocenters. The Kier molecular flexibility index (Phi) is 6.34. The van der Waals surface area contributed by atoms with Crippen LogP contribution in [-0.2, 0) is 4.79 Å². The highest BCUT2D eigenvalue weighted by molar-refractivity contribution is 7.99. The van der Waals surface area contributed by atoms with Gasteiger partial charge >= 0.3 is 0 Å². The van der Waals surface area contributed by atoms with Crippen molar-refractivity contribution in [2.75, 3.05) is 16.4 Å². The number of allylic oxidation sites excluding steroid dienone is 1. The Morgan fingerprint density at radius 1 is 1.19 bits per heavy atom. The molecule has 8 heteroatoms.